The number of rotatable bonds is 6. The van der Waals surface area contributed by atoms with Gasteiger partial charge in [0, 0.05) is 17.8 Å². The van der Waals surface area contributed by atoms with Crippen LogP contribution in [0.1, 0.15) is 16.2 Å². The number of hydrogen-bond acceptors (Lipinski definition) is 6. The molecular formula is C22H18N4O4. The van der Waals surface area contributed by atoms with E-state index < -0.39 is 5.97 Å². The van der Waals surface area contributed by atoms with Gasteiger partial charge >= 0.3 is 11.8 Å². The lowest BCUT2D eigenvalue weighted by Crippen LogP contribution is -2.33. The highest BCUT2D eigenvalue weighted by atomic mass is 16.5. The first kappa shape index (κ1) is 19.1. The van der Waals surface area contributed by atoms with Crippen LogP contribution in [0.5, 0.6) is 5.75 Å². The van der Waals surface area contributed by atoms with Crippen LogP contribution >= 0.6 is 0 Å². The van der Waals surface area contributed by atoms with Crippen molar-refractivity contribution < 1.29 is 19.0 Å². The van der Waals surface area contributed by atoms with Crippen LogP contribution in [-0.2, 0) is 11.3 Å². The molecule has 0 N–H and O–H groups in total. The monoisotopic (exact) mass is 402 g/mol. The highest BCUT2D eigenvalue weighted by Gasteiger charge is 2.23. The molecule has 8 nitrogen and oxygen atoms in total. The highest BCUT2D eigenvalue weighted by molar-refractivity contribution is 5.97. The fraction of sp³-hybridized carbons (Fsp3) is 0.0909. The average Bonchev–Trinajstić information content (AvgIpc) is 3.24. The van der Waals surface area contributed by atoms with E-state index >= 15 is 0 Å². The van der Waals surface area contributed by atoms with Crippen molar-refractivity contribution in [1.29, 1.82) is 0 Å². The van der Waals surface area contributed by atoms with Crippen LogP contribution in [0, 0.1) is 5.21 Å². The van der Waals surface area contributed by atoms with Gasteiger partial charge in [-0.05, 0) is 29.2 Å². The molecule has 0 atom stereocenters. The van der Waals surface area contributed by atoms with E-state index in [2.05, 4.69) is 10.1 Å². The molecule has 2 heterocycles. The number of nitrogens with zero attached hydrogens (tertiary/aromatic N) is 4. The summed E-state index contributed by atoms with van der Waals surface area (Å²) in [7, 11) is 1.55. The number of methoxy groups -OCH3 is 1. The molecule has 0 saturated carbocycles. The summed E-state index contributed by atoms with van der Waals surface area (Å²) >= 11 is 0. The van der Waals surface area contributed by atoms with Gasteiger partial charge in [-0.15, -0.1) is 0 Å². The molecule has 4 aromatic rings. The van der Waals surface area contributed by atoms with Gasteiger partial charge < -0.3 is 14.7 Å². The van der Waals surface area contributed by atoms with E-state index in [1.54, 1.807) is 24.1 Å². The van der Waals surface area contributed by atoms with Crippen molar-refractivity contribution >= 4 is 5.97 Å². The number of carbonyl (C=O) groups is 1. The first-order valence-corrected chi connectivity index (χ1v) is 9.16. The van der Waals surface area contributed by atoms with Gasteiger partial charge in [0.05, 0.1) is 19.0 Å². The maximum atomic E-state index is 12.9. The SMILES string of the molecule is COc1ccccc1-c1nn(-c2ccccc2)cc1C(=O)OCc1nccc[n+]1[O-]. The summed E-state index contributed by atoms with van der Waals surface area (Å²) in [5.41, 5.74) is 2.10. The summed E-state index contributed by atoms with van der Waals surface area (Å²) in [5, 5.41) is 16.4. The second-order valence-electron chi connectivity index (χ2n) is 6.31. The molecule has 0 bridgehead atoms. The van der Waals surface area contributed by atoms with Crippen LogP contribution in [0.2, 0.25) is 0 Å². The molecule has 0 amide bonds. The third-order valence-electron chi connectivity index (χ3n) is 4.43. The number of aromatic nitrogens is 4. The quantitative estimate of drug-likeness (QED) is 0.280. The third kappa shape index (κ3) is 3.83. The molecule has 2 aromatic carbocycles. The molecule has 0 spiro atoms. The number of benzene rings is 2. The predicted octanol–water partition coefficient (Wildman–Crippen LogP) is 2.93. The minimum atomic E-state index is -0.622. The predicted molar refractivity (Wildman–Crippen MR) is 108 cm³/mol. The summed E-state index contributed by atoms with van der Waals surface area (Å²) in [4.78, 5) is 16.8. The summed E-state index contributed by atoms with van der Waals surface area (Å²) in [6.07, 6.45) is 4.36. The fourth-order valence-electron chi connectivity index (χ4n) is 2.97. The van der Waals surface area contributed by atoms with E-state index in [0.717, 1.165) is 5.69 Å². The zero-order valence-corrected chi connectivity index (χ0v) is 16.1. The summed E-state index contributed by atoms with van der Waals surface area (Å²) in [5.74, 6) is 0.0378. The van der Waals surface area contributed by atoms with E-state index in [1.807, 2.05) is 48.5 Å². The van der Waals surface area contributed by atoms with Crippen molar-refractivity contribution in [2.45, 2.75) is 6.61 Å². The number of hydrogen-bond donors (Lipinski definition) is 0. The molecule has 30 heavy (non-hydrogen) atoms. The minimum absolute atomic E-state index is 0.0835. The minimum Gasteiger partial charge on any atom is -0.711 e. The molecule has 0 radical (unpaired) electrons. The maximum Gasteiger partial charge on any atom is 0.342 e. The second kappa shape index (κ2) is 8.44. The number of ether oxygens (including phenoxy) is 2. The number of para-hydroxylation sites is 2. The van der Waals surface area contributed by atoms with E-state index in [9.17, 15) is 10.0 Å². The highest BCUT2D eigenvalue weighted by Crippen LogP contribution is 2.32. The molecule has 150 valence electrons. The van der Waals surface area contributed by atoms with Crippen LogP contribution in [0.15, 0.2) is 79.3 Å². The molecule has 8 heteroatoms. The molecule has 0 fully saturated rings. The van der Waals surface area contributed by atoms with E-state index in [-0.39, 0.29) is 18.0 Å². The Bertz CT molecular complexity index is 1170. The van der Waals surface area contributed by atoms with Crippen LogP contribution in [0.4, 0.5) is 0 Å². The zero-order chi connectivity index (χ0) is 20.9. The van der Waals surface area contributed by atoms with Crippen molar-refractivity contribution in [3.63, 3.8) is 0 Å². The normalized spacial score (nSPS) is 10.6. The standard InChI is InChI=1S/C22H18N4O4/c1-29-19-11-6-5-10-17(19)21-18(14-25(24-21)16-8-3-2-4-9-16)22(27)30-15-20-23-12-7-13-26(20)28/h2-14H,15H2,1H3. The molecule has 0 aliphatic heterocycles. The van der Waals surface area contributed by atoms with Gasteiger partial charge in [0.25, 0.3) is 0 Å². The summed E-state index contributed by atoms with van der Waals surface area (Å²) < 4.78 is 13.0. The fourth-order valence-corrected chi connectivity index (χ4v) is 2.97. The Hall–Kier alpha value is -4.20. The van der Waals surface area contributed by atoms with Gasteiger partial charge in [-0.3, -0.25) is 0 Å². The summed E-state index contributed by atoms with van der Waals surface area (Å²) in [6, 6.07) is 18.2. The van der Waals surface area contributed by atoms with E-state index in [0.29, 0.717) is 21.7 Å². The Kier molecular flexibility index (Phi) is 5.38. The Labute approximate surface area is 172 Å². The largest absolute Gasteiger partial charge is 0.711 e. The van der Waals surface area contributed by atoms with Crippen molar-refractivity contribution in [2.24, 2.45) is 0 Å². The van der Waals surface area contributed by atoms with Crippen molar-refractivity contribution in [2.75, 3.05) is 7.11 Å². The van der Waals surface area contributed by atoms with Gasteiger partial charge in [-0.25, -0.2) is 14.2 Å². The Morgan fingerprint density at radius 1 is 1.10 bits per heavy atom. The summed E-state index contributed by atoms with van der Waals surface area (Å²) in [6.45, 7) is -0.259. The lowest BCUT2D eigenvalue weighted by atomic mass is 10.1. The Morgan fingerprint density at radius 3 is 2.63 bits per heavy atom. The Morgan fingerprint density at radius 2 is 1.87 bits per heavy atom. The molecule has 0 aliphatic rings. The zero-order valence-electron chi connectivity index (χ0n) is 16.1. The van der Waals surface area contributed by atoms with Crippen molar-refractivity contribution in [3.05, 3.63) is 95.8 Å². The van der Waals surface area contributed by atoms with Gasteiger partial charge in [0.15, 0.2) is 6.61 Å². The van der Waals surface area contributed by atoms with Crippen LogP contribution in [0.3, 0.4) is 0 Å². The lowest BCUT2D eigenvalue weighted by molar-refractivity contribution is -0.620. The molecular weight excluding hydrogens is 384 g/mol. The van der Waals surface area contributed by atoms with Gasteiger partial charge in [0.1, 0.15) is 23.2 Å². The van der Waals surface area contributed by atoms with Crippen molar-refractivity contribution in [1.82, 2.24) is 14.8 Å². The molecule has 0 saturated heterocycles. The third-order valence-corrected chi connectivity index (χ3v) is 4.43. The van der Waals surface area contributed by atoms with Crippen LogP contribution < -0.4 is 9.47 Å². The maximum absolute atomic E-state index is 12.9. The van der Waals surface area contributed by atoms with Crippen LogP contribution in [-0.4, -0.2) is 27.8 Å². The van der Waals surface area contributed by atoms with Gasteiger partial charge in [0.2, 0.25) is 0 Å². The Balaban J connectivity index is 1.72. The first-order chi connectivity index (χ1) is 14.7. The topological polar surface area (TPSA) is 93.2 Å². The van der Waals surface area contributed by atoms with E-state index in [4.69, 9.17) is 9.47 Å². The molecule has 2 aromatic heterocycles. The average molecular weight is 402 g/mol. The molecule has 0 unspecified atom stereocenters. The lowest BCUT2D eigenvalue weighted by Gasteiger charge is -2.08. The number of carbonyl (C=O) groups excluding carboxylic acids is 1. The molecule has 0 aliphatic carbocycles. The number of esters is 1. The van der Waals surface area contributed by atoms with Gasteiger partial charge in [-0.2, -0.15) is 5.10 Å². The van der Waals surface area contributed by atoms with Gasteiger partial charge in [-0.1, -0.05) is 30.3 Å². The van der Waals surface area contributed by atoms with Crippen LogP contribution in [0.25, 0.3) is 16.9 Å². The smallest absolute Gasteiger partial charge is 0.342 e. The molecule has 4 rings (SSSR count). The van der Waals surface area contributed by atoms with Crippen molar-refractivity contribution in [3.8, 4) is 22.7 Å². The second-order valence-corrected chi connectivity index (χ2v) is 6.31. The first-order valence-electron chi connectivity index (χ1n) is 9.16. The van der Waals surface area contributed by atoms with E-state index in [1.165, 1.54) is 18.5 Å².